The van der Waals surface area contributed by atoms with Crippen molar-refractivity contribution in [3.63, 3.8) is 0 Å². The van der Waals surface area contributed by atoms with E-state index in [9.17, 15) is 21.6 Å². The Bertz CT molecular complexity index is 1320. The number of fused-ring (bicyclic) bond motifs is 1. The van der Waals surface area contributed by atoms with Gasteiger partial charge in [0, 0.05) is 18.4 Å². The summed E-state index contributed by atoms with van der Waals surface area (Å²) in [6.45, 7) is 1.57. The molecule has 34 heavy (non-hydrogen) atoms. The van der Waals surface area contributed by atoms with Crippen LogP contribution in [0.5, 0.6) is 5.88 Å². The van der Waals surface area contributed by atoms with Crippen LogP contribution >= 0.6 is 0 Å². The summed E-state index contributed by atoms with van der Waals surface area (Å²) in [6, 6.07) is 4.37. The number of pyridine rings is 1. The quantitative estimate of drug-likeness (QED) is 0.494. The van der Waals surface area contributed by atoms with Crippen molar-refractivity contribution in [2.45, 2.75) is 37.9 Å². The standard InChI is InChI=1S/C22H22F4N4O3S/c1-12(13-4-3-5-14(17(13)23)19(24)25)29-20-15-10-16(22(26)6-8-34(31,32)9-7-22)30-21(33-2)18(15)27-11-28-20/h3-5,10-12,19H,6-9H2,1-2H3,(H,27,28,29). The van der Waals surface area contributed by atoms with E-state index in [-0.39, 0.29) is 52.8 Å². The van der Waals surface area contributed by atoms with E-state index in [2.05, 4.69) is 20.3 Å². The first-order valence-corrected chi connectivity index (χ1v) is 12.3. The van der Waals surface area contributed by atoms with Crippen LogP contribution in [0.3, 0.4) is 0 Å². The van der Waals surface area contributed by atoms with Crippen LogP contribution < -0.4 is 10.1 Å². The minimum absolute atomic E-state index is 0.00487. The lowest BCUT2D eigenvalue weighted by Gasteiger charge is -2.29. The van der Waals surface area contributed by atoms with E-state index in [1.54, 1.807) is 6.92 Å². The molecule has 1 N–H and O–H groups in total. The SMILES string of the molecule is COc1nc(C2(F)CCS(=O)(=O)CC2)cc2c(NC(C)c3cccc(C(F)F)c3F)ncnc12. The van der Waals surface area contributed by atoms with Crippen molar-refractivity contribution in [2.24, 2.45) is 0 Å². The molecule has 0 amide bonds. The molecule has 0 bridgehead atoms. The van der Waals surface area contributed by atoms with Gasteiger partial charge in [-0.25, -0.2) is 40.9 Å². The van der Waals surface area contributed by atoms with Gasteiger partial charge in [0.25, 0.3) is 6.43 Å². The minimum atomic E-state index is -3.31. The summed E-state index contributed by atoms with van der Waals surface area (Å²) in [6.07, 6.45) is -2.26. The molecule has 0 spiro atoms. The molecule has 1 aliphatic heterocycles. The molecule has 2 aromatic heterocycles. The number of rotatable bonds is 6. The van der Waals surface area contributed by atoms with Crippen molar-refractivity contribution in [3.8, 4) is 5.88 Å². The maximum atomic E-state index is 15.8. The van der Waals surface area contributed by atoms with Crippen LogP contribution in [0.4, 0.5) is 23.4 Å². The van der Waals surface area contributed by atoms with Gasteiger partial charge in [-0.2, -0.15) is 0 Å². The Kier molecular flexibility index (Phi) is 6.36. The molecule has 1 saturated heterocycles. The predicted octanol–water partition coefficient (Wildman–Crippen LogP) is 4.66. The summed E-state index contributed by atoms with van der Waals surface area (Å²) in [4.78, 5) is 12.6. The lowest BCUT2D eigenvalue weighted by molar-refractivity contribution is 0.141. The van der Waals surface area contributed by atoms with Crippen molar-refractivity contribution < 1.29 is 30.7 Å². The van der Waals surface area contributed by atoms with Crippen LogP contribution in [0.2, 0.25) is 0 Å². The first-order valence-electron chi connectivity index (χ1n) is 10.5. The number of sulfone groups is 1. The molecule has 1 aromatic carbocycles. The molecule has 4 rings (SSSR count). The van der Waals surface area contributed by atoms with Crippen molar-refractivity contribution >= 4 is 26.6 Å². The van der Waals surface area contributed by atoms with Gasteiger partial charge in [0.05, 0.1) is 41.3 Å². The largest absolute Gasteiger partial charge is 0.479 e. The molecule has 1 fully saturated rings. The molecule has 7 nitrogen and oxygen atoms in total. The predicted molar refractivity (Wildman–Crippen MR) is 118 cm³/mol. The van der Waals surface area contributed by atoms with Crippen LogP contribution in [0.1, 0.15) is 49.1 Å². The number of halogens is 4. The zero-order valence-electron chi connectivity index (χ0n) is 18.4. The fourth-order valence-corrected chi connectivity index (χ4v) is 5.47. The summed E-state index contributed by atoms with van der Waals surface area (Å²) in [5, 5.41) is 3.29. The number of nitrogens with one attached hydrogen (secondary N) is 1. The summed E-state index contributed by atoms with van der Waals surface area (Å²) in [5.74, 6) is -1.44. The Hall–Kier alpha value is -3.02. The van der Waals surface area contributed by atoms with Gasteiger partial charge in [0.2, 0.25) is 5.88 Å². The highest BCUT2D eigenvalue weighted by atomic mass is 32.2. The van der Waals surface area contributed by atoms with Crippen LogP contribution in [-0.4, -0.2) is 42.0 Å². The topological polar surface area (TPSA) is 94.1 Å². The summed E-state index contributed by atoms with van der Waals surface area (Å²) in [7, 11) is -1.98. The van der Waals surface area contributed by atoms with Gasteiger partial charge in [-0.1, -0.05) is 18.2 Å². The molecule has 0 saturated carbocycles. The molecule has 3 heterocycles. The first-order chi connectivity index (χ1) is 16.0. The number of nitrogens with zero attached hydrogens (tertiary/aromatic N) is 3. The Labute approximate surface area is 193 Å². The highest BCUT2D eigenvalue weighted by molar-refractivity contribution is 7.91. The van der Waals surface area contributed by atoms with Crippen LogP contribution in [0.15, 0.2) is 30.6 Å². The molecular formula is C22H22F4N4O3S. The number of hydrogen-bond donors (Lipinski definition) is 1. The van der Waals surface area contributed by atoms with E-state index < -0.39 is 39.4 Å². The lowest BCUT2D eigenvalue weighted by atomic mass is 9.93. The number of methoxy groups -OCH3 is 1. The maximum absolute atomic E-state index is 15.8. The molecule has 0 aliphatic carbocycles. The van der Waals surface area contributed by atoms with E-state index in [4.69, 9.17) is 4.74 Å². The second-order valence-electron chi connectivity index (χ2n) is 8.17. The minimum Gasteiger partial charge on any atom is -0.479 e. The Morgan fingerprint density at radius 3 is 2.47 bits per heavy atom. The van der Waals surface area contributed by atoms with Crippen molar-refractivity contribution in [1.82, 2.24) is 15.0 Å². The van der Waals surface area contributed by atoms with Crippen LogP contribution in [0.25, 0.3) is 10.9 Å². The molecule has 1 unspecified atom stereocenters. The van der Waals surface area contributed by atoms with E-state index in [1.807, 2.05) is 0 Å². The average Bonchev–Trinajstić information content (AvgIpc) is 2.80. The van der Waals surface area contributed by atoms with Gasteiger partial charge in [0.15, 0.2) is 15.5 Å². The maximum Gasteiger partial charge on any atom is 0.266 e. The summed E-state index contributed by atoms with van der Waals surface area (Å²) in [5.41, 5.74) is -2.47. The van der Waals surface area contributed by atoms with Gasteiger partial charge >= 0.3 is 0 Å². The number of hydrogen-bond acceptors (Lipinski definition) is 7. The number of alkyl halides is 3. The van der Waals surface area contributed by atoms with Crippen molar-refractivity contribution in [3.05, 3.63) is 53.2 Å². The van der Waals surface area contributed by atoms with E-state index in [0.29, 0.717) is 5.39 Å². The number of ether oxygens (including phenoxy) is 1. The Morgan fingerprint density at radius 1 is 1.15 bits per heavy atom. The zero-order chi connectivity index (χ0) is 24.7. The van der Waals surface area contributed by atoms with Gasteiger partial charge in [-0.3, -0.25) is 0 Å². The normalized spacial score (nSPS) is 18.1. The third-order valence-corrected chi connectivity index (χ3v) is 7.63. The average molecular weight is 499 g/mol. The third kappa shape index (κ3) is 4.50. The second-order valence-corrected chi connectivity index (χ2v) is 10.5. The number of aromatic nitrogens is 3. The molecular weight excluding hydrogens is 476 g/mol. The zero-order valence-corrected chi connectivity index (χ0v) is 19.2. The third-order valence-electron chi connectivity index (χ3n) is 5.97. The number of anilines is 1. The van der Waals surface area contributed by atoms with Gasteiger partial charge in [-0.05, 0) is 13.0 Å². The molecule has 12 heteroatoms. The van der Waals surface area contributed by atoms with Gasteiger partial charge in [-0.15, -0.1) is 0 Å². The van der Waals surface area contributed by atoms with E-state index in [0.717, 1.165) is 6.07 Å². The Balaban J connectivity index is 1.76. The molecule has 1 atom stereocenters. The number of benzene rings is 1. The Morgan fingerprint density at radius 2 is 1.82 bits per heavy atom. The molecule has 3 aromatic rings. The highest BCUT2D eigenvalue weighted by Gasteiger charge is 2.41. The molecule has 0 radical (unpaired) electrons. The van der Waals surface area contributed by atoms with Crippen molar-refractivity contribution in [1.29, 1.82) is 0 Å². The summed E-state index contributed by atoms with van der Waals surface area (Å²) < 4.78 is 85.5. The molecule has 1 aliphatic rings. The molecule has 182 valence electrons. The smallest absolute Gasteiger partial charge is 0.266 e. The van der Waals surface area contributed by atoms with Crippen molar-refractivity contribution in [2.75, 3.05) is 23.9 Å². The fraction of sp³-hybridized carbons (Fsp3) is 0.409. The van der Waals surface area contributed by atoms with Gasteiger partial charge < -0.3 is 10.1 Å². The van der Waals surface area contributed by atoms with Crippen LogP contribution in [0, 0.1) is 5.82 Å². The fourth-order valence-electron chi connectivity index (χ4n) is 3.99. The first kappa shape index (κ1) is 24.1. The second kappa shape index (κ2) is 8.97. The van der Waals surface area contributed by atoms with Gasteiger partial charge in [0.1, 0.15) is 23.5 Å². The van der Waals surface area contributed by atoms with E-state index in [1.165, 1.54) is 31.6 Å². The monoisotopic (exact) mass is 498 g/mol. The van der Waals surface area contributed by atoms with Crippen LogP contribution in [-0.2, 0) is 15.5 Å². The lowest BCUT2D eigenvalue weighted by Crippen LogP contribution is -2.34. The summed E-state index contributed by atoms with van der Waals surface area (Å²) >= 11 is 0. The van der Waals surface area contributed by atoms with E-state index >= 15 is 4.39 Å². The highest BCUT2D eigenvalue weighted by Crippen LogP contribution is 2.40.